The van der Waals surface area contributed by atoms with E-state index in [0.29, 0.717) is 6.10 Å². The van der Waals surface area contributed by atoms with Crippen LogP contribution in [-0.4, -0.2) is 25.8 Å². The maximum atomic E-state index is 5.92. The van der Waals surface area contributed by atoms with Gasteiger partial charge in [0.2, 0.25) is 0 Å². The molecule has 2 unspecified atom stereocenters. The van der Waals surface area contributed by atoms with Gasteiger partial charge in [0.15, 0.2) is 0 Å². The predicted molar refractivity (Wildman–Crippen MR) is 65.1 cm³/mol. The van der Waals surface area contributed by atoms with Gasteiger partial charge in [-0.1, -0.05) is 33.1 Å². The second kappa shape index (κ2) is 8.12. The van der Waals surface area contributed by atoms with Gasteiger partial charge in [0.1, 0.15) is 0 Å². The van der Waals surface area contributed by atoms with E-state index >= 15 is 0 Å². The second-order valence-corrected chi connectivity index (χ2v) is 4.64. The Labute approximate surface area is 94.8 Å². The molecule has 90 valence electrons. The minimum Gasteiger partial charge on any atom is -0.378 e. The molecule has 1 saturated carbocycles. The zero-order chi connectivity index (χ0) is 10.9. The average molecular weight is 213 g/mol. The largest absolute Gasteiger partial charge is 0.378 e. The molecule has 1 aliphatic carbocycles. The molecular formula is C13H27NO. The quantitative estimate of drug-likeness (QED) is 0.656. The summed E-state index contributed by atoms with van der Waals surface area (Å²) in [4.78, 5) is 0. The molecule has 0 aliphatic heterocycles. The van der Waals surface area contributed by atoms with Gasteiger partial charge in [-0.3, -0.25) is 0 Å². The Kier molecular flexibility index (Phi) is 7.03. The highest BCUT2D eigenvalue weighted by atomic mass is 16.5. The van der Waals surface area contributed by atoms with Crippen LogP contribution in [0.15, 0.2) is 0 Å². The minimum atomic E-state index is 0.560. The lowest BCUT2D eigenvalue weighted by molar-refractivity contribution is 0.0116. The summed E-state index contributed by atoms with van der Waals surface area (Å²) in [6, 6.07) is 0. The van der Waals surface area contributed by atoms with E-state index in [-0.39, 0.29) is 0 Å². The van der Waals surface area contributed by atoms with E-state index in [4.69, 9.17) is 4.74 Å². The maximum Gasteiger partial charge on any atom is 0.0577 e. The SMILES string of the molecule is CCNCCCOC1CCCC(CC)C1. The Hall–Kier alpha value is -0.0800. The summed E-state index contributed by atoms with van der Waals surface area (Å²) in [5.74, 6) is 0.928. The molecule has 15 heavy (non-hydrogen) atoms. The van der Waals surface area contributed by atoms with Crippen LogP contribution in [0, 0.1) is 5.92 Å². The topological polar surface area (TPSA) is 21.3 Å². The molecule has 0 radical (unpaired) electrons. The summed E-state index contributed by atoms with van der Waals surface area (Å²) >= 11 is 0. The van der Waals surface area contributed by atoms with Gasteiger partial charge in [0, 0.05) is 6.61 Å². The summed E-state index contributed by atoms with van der Waals surface area (Å²) in [6.07, 6.45) is 8.43. The van der Waals surface area contributed by atoms with E-state index in [0.717, 1.165) is 32.0 Å². The highest BCUT2D eigenvalue weighted by molar-refractivity contribution is 4.72. The molecule has 1 rings (SSSR count). The summed E-state index contributed by atoms with van der Waals surface area (Å²) in [7, 11) is 0. The molecule has 0 spiro atoms. The number of ether oxygens (including phenoxy) is 1. The van der Waals surface area contributed by atoms with Crippen molar-refractivity contribution in [1.82, 2.24) is 5.32 Å². The van der Waals surface area contributed by atoms with Gasteiger partial charge < -0.3 is 10.1 Å². The molecule has 0 bridgehead atoms. The van der Waals surface area contributed by atoms with Crippen molar-refractivity contribution in [1.29, 1.82) is 0 Å². The fourth-order valence-electron chi connectivity index (χ4n) is 2.39. The van der Waals surface area contributed by atoms with Crippen LogP contribution in [-0.2, 0) is 4.74 Å². The number of hydrogen-bond donors (Lipinski definition) is 1. The predicted octanol–water partition coefficient (Wildman–Crippen LogP) is 2.97. The normalized spacial score (nSPS) is 26.8. The molecule has 0 amide bonds. The van der Waals surface area contributed by atoms with Gasteiger partial charge >= 0.3 is 0 Å². The lowest BCUT2D eigenvalue weighted by atomic mass is 9.85. The van der Waals surface area contributed by atoms with Crippen molar-refractivity contribution >= 4 is 0 Å². The van der Waals surface area contributed by atoms with Crippen LogP contribution < -0.4 is 5.32 Å². The van der Waals surface area contributed by atoms with Crippen LogP contribution in [0.4, 0.5) is 0 Å². The molecule has 1 aliphatic rings. The van der Waals surface area contributed by atoms with Gasteiger partial charge in [0.25, 0.3) is 0 Å². The molecule has 2 nitrogen and oxygen atoms in total. The van der Waals surface area contributed by atoms with E-state index < -0.39 is 0 Å². The fraction of sp³-hybridized carbons (Fsp3) is 1.00. The van der Waals surface area contributed by atoms with Crippen molar-refractivity contribution in [2.24, 2.45) is 5.92 Å². The van der Waals surface area contributed by atoms with E-state index in [9.17, 15) is 0 Å². The second-order valence-electron chi connectivity index (χ2n) is 4.64. The number of rotatable bonds is 7. The smallest absolute Gasteiger partial charge is 0.0577 e. The first-order valence-electron chi connectivity index (χ1n) is 6.69. The van der Waals surface area contributed by atoms with Crippen molar-refractivity contribution < 1.29 is 4.74 Å². The molecule has 2 heteroatoms. The van der Waals surface area contributed by atoms with Crippen LogP contribution in [0.25, 0.3) is 0 Å². The van der Waals surface area contributed by atoms with Gasteiger partial charge in [-0.2, -0.15) is 0 Å². The lowest BCUT2D eigenvalue weighted by Crippen LogP contribution is -2.24. The fourth-order valence-corrected chi connectivity index (χ4v) is 2.39. The molecular weight excluding hydrogens is 186 g/mol. The van der Waals surface area contributed by atoms with E-state index in [1.54, 1.807) is 0 Å². The van der Waals surface area contributed by atoms with Crippen LogP contribution in [0.3, 0.4) is 0 Å². The molecule has 0 aromatic heterocycles. The van der Waals surface area contributed by atoms with Crippen LogP contribution in [0.5, 0.6) is 0 Å². The van der Waals surface area contributed by atoms with Crippen LogP contribution in [0.2, 0.25) is 0 Å². The Balaban J connectivity index is 2.00. The van der Waals surface area contributed by atoms with Gasteiger partial charge in [0.05, 0.1) is 6.10 Å². The molecule has 2 atom stereocenters. The lowest BCUT2D eigenvalue weighted by Gasteiger charge is -2.28. The van der Waals surface area contributed by atoms with Crippen molar-refractivity contribution in [3.63, 3.8) is 0 Å². The molecule has 0 saturated heterocycles. The van der Waals surface area contributed by atoms with Crippen LogP contribution >= 0.6 is 0 Å². The minimum absolute atomic E-state index is 0.560. The first-order chi connectivity index (χ1) is 7.36. The van der Waals surface area contributed by atoms with Gasteiger partial charge in [-0.05, 0) is 38.3 Å². The van der Waals surface area contributed by atoms with Crippen molar-refractivity contribution in [3.05, 3.63) is 0 Å². The number of hydrogen-bond acceptors (Lipinski definition) is 2. The zero-order valence-electron chi connectivity index (χ0n) is 10.4. The van der Waals surface area contributed by atoms with Crippen molar-refractivity contribution in [3.8, 4) is 0 Å². The van der Waals surface area contributed by atoms with Crippen LogP contribution in [0.1, 0.15) is 52.4 Å². The monoisotopic (exact) mass is 213 g/mol. The summed E-state index contributed by atoms with van der Waals surface area (Å²) in [5, 5.41) is 3.33. The third-order valence-electron chi connectivity index (χ3n) is 3.41. The Morgan fingerprint density at radius 2 is 2.13 bits per heavy atom. The molecule has 0 heterocycles. The highest BCUT2D eigenvalue weighted by Gasteiger charge is 2.20. The zero-order valence-corrected chi connectivity index (χ0v) is 10.4. The third kappa shape index (κ3) is 5.53. The number of nitrogens with one attached hydrogen (secondary N) is 1. The Bertz CT molecular complexity index is 149. The summed E-state index contributed by atoms with van der Waals surface area (Å²) < 4.78 is 5.92. The molecule has 0 aromatic carbocycles. The standard InChI is InChI=1S/C13H27NO/c1-3-12-7-5-8-13(11-12)15-10-6-9-14-4-2/h12-14H,3-11H2,1-2H3. The van der Waals surface area contributed by atoms with E-state index in [2.05, 4.69) is 19.2 Å². The Morgan fingerprint density at radius 3 is 2.87 bits per heavy atom. The average Bonchev–Trinajstić information content (AvgIpc) is 2.29. The van der Waals surface area contributed by atoms with E-state index in [1.165, 1.54) is 32.1 Å². The summed E-state index contributed by atoms with van der Waals surface area (Å²) in [5.41, 5.74) is 0. The molecule has 1 N–H and O–H groups in total. The molecule has 0 aromatic rings. The van der Waals surface area contributed by atoms with Crippen molar-refractivity contribution in [2.45, 2.75) is 58.5 Å². The highest BCUT2D eigenvalue weighted by Crippen LogP contribution is 2.28. The van der Waals surface area contributed by atoms with Crippen molar-refractivity contribution in [2.75, 3.05) is 19.7 Å². The van der Waals surface area contributed by atoms with E-state index in [1.807, 2.05) is 0 Å². The molecule has 1 fully saturated rings. The first kappa shape index (κ1) is 13.0. The van der Waals surface area contributed by atoms with Gasteiger partial charge in [-0.15, -0.1) is 0 Å². The third-order valence-corrected chi connectivity index (χ3v) is 3.41. The Morgan fingerprint density at radius 1 is 1.27 bits per heavy atom. The summed E-state index contributed by atoms with van der Waals surface area (Å²) in [6.45, 7) is 7.56. The maximum absolute atomic E-state index is 5.92. The van der Waals surface area contributed by atoms with Gasteiger partial charge in [-0.25, -0.2) is 0 Å². The first-order valence-corrected chi connectivity index (χ1v) is 6.69.